The summed E-state index contributed by atoms with van der Waals surface area (Å²) in [4.78, 5) is 16.0. The molecule has 3 N–H and O–H groups in total. The molecular weight excluding hydrogens is 254 g/mol. The lowest BCUT2D eigenvalue weighted by Gasteiger charge is -2.40. The number of likely N-dealkylation sites (tertiary alicyclic amines) is 2. The van der Waals surface area contributed by atoms with E-state index >= 15 is 0 Å². The number of aliphatic carboxylic acids is 1. The molecular formula is C15H29N3O2. The van der Waals surface area contributed by atoms with Crippen molar-refractivity contribution in [2.75, 3.05) is 32.7 Å². The van der Waals surface area contributed by atoms with Gasteiger partial charge in [0.2, 0.25) is 0 Å². The minimum atomic E-state index is -1.09. The first-order chi connectivity index (χ1) is 9.49. The van der Waals surface area contributed by atoms with Gasteiger partial charge in [-0.1, -0.05) is 6.42 Å². The summed E-state index contributed by atoms with van der Waals surface area (Å²) in [6.07, 6.45) is 7.05. The third kappa shape index (κ3) is 4.17. The van der Waals surface area contributed by atoms with E-state index < -0.39 is 11.5 Å². The molecule has 2 aliphatic heterocycles. The standard InChI is InChI=1S/C15H29N3O2/c1-15(16,14(19)20)7-12-17-10-5-13(6-11-17)18-8-3-2-4-9-18/h13H,2-12,16H2,1H3,(H,19,20). The van der Waals surface area contributed by atoms with Crippen molar-refractivity contribution in [1.29, 1.82) is 0 Å². The van der Waals surface area contributed by atoms with Gasteiger partial charge in [-0.05, 0) is 65.2 Å². The second-order valence-corrected chi connectivity index (χ2v) is 6.64. The van der Waals surface area contributed by atoms with Gasteiger partial charge in [-0.15, -0.1) is 0 Å². The summed E-state index contributed by atoms with van der Waals surface area (Å²) in [6, 6.07) is 0.746. The van der Waals surface area contributed by atoms with Crippen LogP contribution in [0, 0.1) is 0 Å². The molecule has 0 bridgehead atoms. The second-order valence-electron chi connectivity index (χ2n) is 6.64. The van der Waals surface area contributed by atoms with E-state index in [1.165, 1.54) is 45.2 Å². The molecule has 0 aromatic heterocycles. The summed E-state index contributed by atoms with van der Waals surface area (Å²) in [5, 5.41) is 9.03. The highest BCUT2D eigenvalue weighted by atomic mass is 16.4. The topological polar surface area (TPSA) is 69.8 Å². The quantitative estimate of drug-likeness (QED) is 0.791. The maximum Gasteiger partial charge on any atom is 0.323 e. The summed E-state index contributed by atoms with van der Waals surface area (Å²) in [7, 11) is 0. The number of carboxylic acid groups (broad SMARTS) is 1. The summed E-state index contributed by atoms with van der Waals surface area (Å²) in [5.74, 6) is -0.902. The van der Waals surface area contributed by atoms with Gasteiger partial charge in [-0.3, -0.25) is 4.79 Å². The normalized spacial score (nSPS) is 26.3. The minimum Gasteiger partial charge on any atom is -0.480 e. The molecule has 2 rings (SSSR count). The molecule has 0 aromatic carbocycles. The Bertz CT molecular complexity index is 319. The second kappa shape index (κ2) is 6.87. The van der Waals surface area contributed by atoms with Crippen molar-refractivity contribution in [3.05, 3.63) is 0 Å². The zero-order valence-corrected chi connectivity index (χ0v) is 12.7. The number of piperidine rings is 2. The molecule has 0 saturated carbocycles. The van der Waals surface area contributed by atoms with Crippen molar-refractivity contribution in [1.82, 2.24) is 9.80 Å². The summed E-state index contributed by atoms with van der Waals surface area (Å²) >= 11 is 0. The lowest BCUT2D eigenvalue weighted by Crippen LogP contribution is -2.50. The van der Waals surface area contributed by atoms with Gasteiger partial charge < -0.3 is 20.6 Å². The zero-order valence-electron chi connectivity index (χ0n) is 12.7. The molecule has 2 fully saturated rings. The van der Waals surface area contributed by atoms with E-state index in [2.05, 4.69) is 9.80 Å². The van der Waals surface area contributed by atoms with E-state index in [0.29, 0.717) is 6.42 Å². The fourth-order valence-electron chi connectivity index (χ4n) is 3.29. The van der Waals surface area contributed by atoms with Crippen LogP contribution < -0.4 is 5.73 Å². The lowest BCUT2D eigenvalue weighted by atomic mass is 9.97. The van der Waals surface area contributed by atoms with Crippen LogP contribution in [0.4, 0.5) is 0 Å². The minimum absolute atomic E-state index is 0.525. The fourth-order valence-corrected chi connectivity index (χ4v) is 3.29. The first-order valence-electron chi connectivity index (χ1n) is 7.98. The van der Waals surface area contributed by atoms with Crippen molar-refractivity contribution >= 4 is 5.97 Å². The highest BCUT2D eigenvalue weighted by molar-refractivity contribution is 5.77. The van der Waals surface area contributed by atoms with Gasteiger partial charge in [0.1, 0.15) is 5.54 Å². The Morgan fingerprint density at radius 2 is 1.80 bits per heavy atom. The predicted molar refractivity (Wildman–Crippen MR) is 79.7 cm³/mol. The number of hydrogen-bond donors (Lipinski definition) is 2. The Balaban J connectivity index is 1.70. The van der Waals surface area contributed by atoms with Crippen molar-refractivity contribution in [2.24, 2.45) is 5.73 Å². The fraction of sp³-hybridized carbons (Fsp3) is 0.933. The molecule has 1 unspecified atom stereocenters. The van der Waals surface area contributed by atoms with E-state index in [4.69, 9.17) is 10.8 Å². The van der Waals surface area contributed by atoms with E-state index in [0.717, 1.165) is 25.7 Å². The first-order valence-corrected chi connectivity index (χ1v) is 7.98. The van der Waals surface area contributed by atoms with E-state index in [1.54, 1.807) is 6.92 Å². The molecule has 116 valence electrons. The monoisotopic (exact) mass is 283 g/mol. The van der Waals surface area contributed by atoms with Gasteiger partial charge in [0.25, 0.3) is 0 Å². The number of rotatable bonds is 5. The molecule has 0 amide bonds. The van der Waals surface area contributed by atoms with E-state index in [-0.39, 0.29) is 0 Å². The van der Waals surface area contributed by atoms with Crippen molar-refractivity contribution in [3.8, 4) is 0 Å². The average Bonchev–Trinajstić information content (AvgIpc) is 2.46. The molecule has 0 aliphatic carbocycles. The van der Waals surface area contributed by atoms with Crippen molar-refractivity contribution < 1.29 is 9.90 Å². The van der Waals surface area contributed by atoms with Crippen LogP contribution in [0.1, 0.15) is 45.4 Å². The van der Waals surface area contributed by atoms with Crippen LogP contribution >= 0.6 is 0 Å². The SMILES string of the molecule is CC(N)(CCN1CCC(N2CCCCC2)CC1)C(=O)O. The summed E-state index contributed by atoms with van der Waals surface area (Å²) in [5.41, 5.74) is 4.69. The molecule has 1 atom stereocenters. The van der Waals surface area contributed by atoms with Crippen LogP contribution in [0.3, 0.4) is 0 Å². The van der Waals surface area contributed by atoms with Crippen molar-refractivity contribution in [3.63, 3.8) is 0 Å². The molecule has 0 aromatic rings. The molecule has 5 nitrogen and oxygen atoms in total. The number of nitrogens with zero attached hydrogens (tertiary/aromatic N) is 2. The highest BCUT2D eigenvalue weighted by Crippen LogP contribution is 2.21. The number of carbonyl (C=O) groups is 1. The number of nitrogens with two attached hydrogens (primary N) is 1. The molecule has 5 heteroatoms. The van der Waals surface area contributed by atoms with Gasteiger partial charge in [0.05, 0.1) is 0 Å². The Hall–Kier alpha value is -0.650. The smallest absolute Gasteiger partial charge is 0.323 e. The maximum atomic E-state index is 11.0. The van der Waals surface area contributed by atoms with Gasteiger partial charge in [-0.2, -0.15) is 0 Å². The van der Waals surface area contributed by atoms with Gasteiger partial charge in [-0.25, -0.2) is 0 Å². The number of hydrogen-bond acceptors (Lipinski definition) is 4. The third-order valence-corrected chi connectivity index (χ3v) is 4.90. The van der Waals surface area contributed by atoms with Crippen molar-refractivity contribution in [2.45, 2.75) is 57.0 Å². The Labute approximate surface area is 122 Å². The Morgan fingerprint density at radius 1 is 1.20 bits per heavy atom. The van der Waals surface area contributed by atoms with E-state index in [1.807, 2.05) is 0 Å². The van der Waals surface area contributed by atoms with Crippen LogP contribution in [-0.4, -0.2) is 65.2 Å². The lowest BCUT2D eigenvalue weighted by molar-refractivity contribution is -0.143. The predicted octanol–water partition coefficient (Wildman–Crippen LogP) is 1.13. The first kappa shape index (κ1) is 15.7. The van der Waals surface area contributed by atoms with Gasteiger partial charge >= 0.3 is 5.97 Å². The number of carboxylic acids is 1. The summed E-state index contributed by atoms with van der Waals surface area (Å²) in [6.45, 7) is 7.10. The van der Waals surface area contributed by atoms with E-state index in [9.17, 15) is 4.79 Å². The largest absolute Gasteiger partial charge is 0.480 e. The van der Waals surface area contributed by atoms with Gasteiger partial charge in [0, 0.05) is 12.6 Å². The third-order valence-electron chi connectivity index (χ3n) is 4.90. The van der Waals surface area contributed by atoms with Crippen LogP contribution in [0.5, 0.6) is 0 Å². The molecule has 20 heavy (non-hydrogen) atoms. The Morgan fingerprint density at radius 3 is 2.35 bits per heavy atom. The van der Waals surface area contributed by atoms with Crippen LogP contribution in [0.2, 0.25) is 0 Å². The maximum absolute atomic E-state index is 11.0. The van der Waals surface area contributed by atoms with Crippen LogP contribution in [-0.2, 0) is 4.79 Å². The molecule has 2 heterocycles. The molecule has 0 spiro atoms. The molecule has 0 radical (unpaired) electrons. The highest BCUT2D eigenvalue weighted by Gasteiger charge is 2.30. The zero-order chi connectivity index (χ0) is 14.6. The van der Waals surface area contributed by atoms with Crippen LogP contribution in [0.25, 0.3) is 0 Å². The molecule has 2 saturated heterocycles. The van der Waals surface area contributed by atoms with Gasteiger partial charge in [0.15, 0.2) is 0 Å². The summed E-state index contributed by atoms with van der Waals surface area (Å²) < 4.78 is 0. The Kier molecular flexibility index (Phi) is 5.41. The average molecular weight is 283 g/mol. The van der Waals surface area contributed by atoms with Crippen LogP contribution in [0.15, 0.2) is 0 Å². The molecule has 2 aliphatic rings.